The van der Waals surface area contributed by atoms with Crippen LogP contribution in [0.1, 0.15) is 43.7 Å². The van der Waals surface area contributed by atoms with Crippen molar-refractivity contribution in [2.75, 3.05) is 6.61 Å². The normalized spacial score (nSPS) is 13.4. The largest absolute Gasteiger partial charge is 0.427 e. The van der Waals surface area contributed by atoms with Gasteiger partial charge in [-0.2, -0.15) is 0 Å². The van der Waals surface area contributed by atoms with Crippen molar-refractivity contribution in [2.45, 2.75) is 32.6 Å². The second-order valence-corrected chi connectivity index (χ2v) is 4.72. The molecule has 0 heterocycles. The van der Waals surface area contributed by atoms with Crippen LogP contribution in [0.15, 0.2) is 24.3 Å². The van der Waals surface area contributed by atoms with E-state index in [4.69, 9.17) is 4.43 Å². The molecular weight excluding hydrogens is 188 g/mol. The first-order valence-corrected chi connectivity index (χ1v) is 6.06. The Bertz CT molecular complexity index is 283. The summed E-state index contributed by atoms with van der Waals surface area (Å²) in [6.45, 7) is 7.58. The van der Waals surface area contributed by atoms with Gasteiger partial charge in [0, 0.05) is 12.5 Å². The van der Waals surface area contributed by atoms with E-state index >= 15 is 0 Å². The van der Waals surface area contributed by atoms with Crippen LogP contribution in [-0.2, 0) is 4.43 Å². The van der Waals surface area contributed by atoms with Gasteiger partial charge in [0.15, 0.2) is 0 Å². The van der Waals surface area contributed by atoms with Gasteiger partial charge in [0.2, 0.25) is 0 Å². The second kappa shape index (κ2) is 5.32. The summed E-state index contributed by atoms with van der Waals surface area (Å²) in [6.07, 6.45) is 0. The first-order chi connectivity index (χ1) is 6.66. The van der Waals surface area contributed by atoms with E-state index in [2.05, 4.69) is 45.0 Å². The third-order valence-corrected chi connectivity index (χ3v) is 2.90. The quantitative estimate of drug-likeness (QED) is 0.689. The summed E-state index contributed by atoms with van der Waals surface area (Å²) in [4.78, 5) is 0. The summed E-state index contributed by atoms with van der Waals surface area (Å²) in [7, 11) is 0.832. The van der Waals surface area contributed by atoms with Crippen LogP contribution in [0.4, 0.5) is 0 Å². The molecule has 0 amide bonds. The van der Waals surface area contributed by atoms with Crippen molar-refractivity contribution in [1.29, 1.82) is 0 Å². The van der Waals surface area contributed by atoms with Gasteiger partial charge in [0.05, 0.1) is 0 Å². The van der Waals surface area contributed by atoms with Crippen LogP contribution in [0.5, 0.6) is 0 Å². The van der Waals surface area contributed by atoms with E-state index in [9.17, 15) is 0 Å². The minimum absolute atomic E-state index is 0.520. The van der Waals surface area contributed by atoms with E-state index < -0.39 is 0 Å². The van der Waals surface area contributed by atoms with E-state index in [-0.39, 0.29) is 0 Å². The molecule has 14 heavy (non-hydrogen) atoms. The fourth-order valence-electron chi connectivity index (χ4n) is 1.83. The van der Waals surface area contributed by atoms with Crippen LogP contribution in [0.25, 0.3) is 0 Å². The average molecular weight is 208 g/mol. The van der Waals surface area contributed by atoms with E-state index in [0.29, 0.717) is 11.8 Å². The Labute approximate surface area is 90.0 Å². The van der Waals surface area contributed by atoms with E-state index in [0.717, 1.165) is 17.1 Å². The molecule has 0 aliphatic rings. The molecule has 0 fully saturated rings. The Kier molecular flexibility index (Phi) is 4.36. The van der Waals surface area contributed by atoms with Crippen molar-refractivity contribution in [3.8, 4) is 0 Å². The van der Waals surface area contributed by atoms with Gasteiger partial charge in [0.1, 0.15) is 10.5 Å². The van der Waals surface area contributed by atoms with Gasteiger partial charge in [-0.05, 0) is 17.0 Å². The van der Waals surface area contributed by atoms with Crippen molar-refractivity contribution in [1.82, 2.24) is 0 Å². The number of benzene rings is 1. The third kappa shape index (κ3) is 2.69. The standard InChI is InChI=1S/C12H20OSi/c1-9(2)11-6-4-5-7-12(11)10(3)8-13-14/h4-7,9-10H,8H2,1-3,14H3. The predicted molar refractivity (Wildman–Crippen MR) is 64.8 cm³/mol. The Hall–Kier alpha value is -0.603. The number of rotatable bonds is 4. The average Bonchev–Trinajstić information content (AvgIpc) is 2.18. The van der Waals surface area contributed by atoms with Crippen LogP contribution in [0, 0.1) is 0 Å². The summed E-state index contributed by atoms with van der Waals surface area (Å²) in [5, 5.41) is 0. The van der Waals surface area contributed by atoms with Crippen LogP contribution in [0.3, 0.4) is 0 Å². The zero-order valence-corrected chi connectivity index (χ0v) is 11.6. The number of hydrogen-bond acceptors (Lipinski definition) is 1. The third-order valence-electron chi connectivity index (χ3n) is 2.57. The Balaban J connectivity index is 2.94. The Morgan fingerprint density at radius 2 is 1.71 bits per heavy atom. The van der Waals surface area contributed by atoms with E-state index in [1.807, 2.05) is 0 Å². The molecule has 0 radical (unpaired) electrons. The number of hydrogen-bond donors (Lipinski definition) is 0. The van der Waals surface area contributed by atoms with Crippen molar-refractivity contribution in [2.24, 2.45) is 0 Å². The lowest BCUT2D eigenvalue weighted by Gasteiger charge is -2.18. The molecule has 1 unspecified atom stereocenters. The highest BCUT2D eigenvalue weighted by molar-refractivity contribution is 5.97. The fraction of sp³-hybridized carbons (Fsp3) is 0.500. The molecule has 78 valence electrons. The Morgan fingerprint density at radius 1 is 1.14 bits per heavy atom. The van der Waals surface area contributed by atoms with Crippen LogP contribution in [0.2, 0.25) is 0 Å². The fourth-order valence-corrected chi connectivity index (χ4v) is 2.33. The van der Waals surface area contributed by atoms with Crippen molar-refractivity contribution >= 4 is 10.5 Å². The highest BCUT2D eigenvalue weighted by atomic mass is 28.2. The predicted octanol–water partition coefficient (Wildman–Crippen LogP) is 2.21. The van der Waals surface area contributed by atoms with Gasteiger partial charge in [-0.25, -0.2) is 0 Å². The molecule has 0 aromatic heterocycles. The molecule has 2 heteroatoms. The van der Waals surface area contributed by atoms with Crippen molar-refractivity contribution in [3.63, 3.8) is 0 Å². The molecule has 1 aromatic carbocycles. The molecule has 1 aromatic rings. The molecule has 0 bridgehead atoms. The summed E-state index contributed by atoms with van der Waals surface area (Å²) in [5.74, 6) is 1.12. The Morgan fingerprint density at radius 3 is 2.21 bits per heavy atom. The summed E-state index contributed by atoms with van der Waals surface area (Å²) in [6, 6.07) is 8.68. The molecule has 1 rings (SSSR count). The first kappa shape index (κ1) is 11.5. The lowest BCUT2D eigenvalue weighted by molar-refractivity contribution is 0.323. The van der Waals surface area contributed by atoms with Gasteiger partial charge < -0.3 is 4.43 Å². The van der Waals surface area contributed by atoms with Gasteiger partial charge in [-0.3, -0.25) is 0 Å². The van der Waals surface area contributed by atoms with Gasteiger partial charge in [0.25, 0.3) is 0 Å². The first-order valence-electron chi connectivity index (χ1n) is 5.24. The SMILES string of the molecule is CC(C)c1ccccc1C(C)CO[SiH3]. The molecule has 1 atom stereocenters. The summed E-state index contributed by atoms with van der Waals surface area (Å²) >= 11 is 0. The van der Waals surface area contributed by atoms with E-state index in [1.165, 1.54) is 11.1 Å². The molecule has 0 spiro atoms. The van der Waals surface area contributed by atoms with Crippen molar-refractivity contribution < 1.29 is 4.43 Å². The van der Waals surface area contributed by atoms with Crippen LogP contribution >= 0.6 is 0 Å². The van der Waals surface area contributed by atoms with E-state index in [1.54, 1.807) is 0 Å². The van der Waals surface area contributed by atoms with Gasteiger partial charge in [-0.15, -0.1) is 0 Å². The van der Waals surface area contributed by atoms with Gasteiger partial charge in [-0.1, -0.05) is 45.0 Å². The monoisotopic (exact) mass is 208 g/mol. The zero-order chi connectivity index (χ0) is 10.6. The molecule has 0 aliphatic carbocycles. The van der Waals surface area contributed by atoms with Crippen LogP contribution in [-0.4, -0.2) is 17.1 Å². The molecule has 1 nitrogen and oxygen atoms in total. The maximum Gasteiger partial charge on any atom is 0.145 e. The summed E-state index contributed by atoms with van der Waals surface area (Å²) in [5.41, 5.74) is 2.90. The molecule has 0 saturated carbocycles. The molecule has 0 aliphatic heterocycles. The lowest BCUT2D eigenvalue weighted by Crippen LogP contribution is -2.06. The second-order valence-electron chi connectivity index (χ2n) is 4.14. The molecule has 0 saturated heterocycles. The minimum Gasteiger partial charge on any atom is -0.427 e. The van der Waals surface area contributed by atoms with Crippen molar-refractivity contribution in [3.05, 3.63) is 35.4 Å². The highest BCUT2D eigenvalue weighted by Gasteiger charge is 2.11. The molecular formula is C12H20OSi. The molecule has 0 N–H and O–H groups in total. The van der Waals surface area contributed by atoms with Gasteiger partial charge >= 0.3 is 0 Å². The smallest absolute Gasteiger partial charge is 0.145 e. The topological polar surface area (TPSA) is 9.23 Å². The zero-order valence-electron chi connectivity index (χ0n) is 9.58. The maximum atomic E-state index is 5.33. The summed E-state index contributed by atoms with van der Waals surface area (Å²) < 4.78 is 5.33. The minimum atomic E-state index is 0.520. The van der Waals surface area contributed by atoms with Crippen LogP contribution < -0.4 is 0 Å². The lowest BCUT2D eigenvalue weighted by atomic mass is 9.90. The maximum absolute atomic E-state index is 5.33. The highest BCUT2D eigenvalue weighted by Crippen LogP contribution is 2.25.